The van der Waals surface area contributed by atoms with Crippen molar-refractivity contribution in [1.82, 2.24) is 9.13 Å². The van der Waals surface area contributed by atoms with Crippen molar-refractivity contribution in [2.75, 3.05) is 6.26 Å². The van der Waals surface area contributed by atoms with Crippen LogP contribution in [-0.4, -0.2) is 15.4 Å². The molecule has 13 heavy (non-hydrogen) atoms. The van der Waals surface area contributed by atoms with E-state index in [2.05, 4.69) is 0 Å². The lowest BCUT2D eigenvalue weighted by atomic mass is 10.4. The van der Waals surface area contributed by atoms with Crippen LogP contribution in [0.1, 0.15) is 5.69 Å². The van der Waals surface area contributed by atoms with Crippen LogP contribution in [0.25, 0.3) is 0 Å². The van der Waals surface area contributed by atoms with Gasteiger partial charge in [-0.25, -0.2) is 4.79 Å². The van der Waals surface area contributed by atoms with Gasteiger partial charge in [0.25, 0.3) is 5.56 Å². The second-order valence-electron chi connectivity index (χ2n) is 2.81. The Bertz CT molecular complexity index is 419. The van der Waals surface area contributed by atoms with Gasteiger partial charge in [-0.05, 0) is 6.26 Å². The van der Waals surface area contributed by atoms with Gasteiger partial charge in [0.15, 0.2) is 0 Å². The van der Waals surface area contributed by atoms with Gasteiger partial charge >= 0.3 is 5.69 Å². The summed E-state index contributed by atoms with van der Waals surface area (Å²) in [5.74, 6) is 0.682. The summed E-state index contributed by atoms with van der Waals surface area (Å²) in [5, 5.41) is 0. The van der Waals surface area contributed by atoms with Crippen molar-refractivity contribution in [1.29, 1.82) is 0 Å². The molecule has 0 atom stereocenters. The zero-order valence-electron chi connectivity index (χ0n) is 7.90. The summed E-state index contributed by atoms with van der Waals surface area (Å²) < 4.78 is 2.60. The topological polar surface area (TPSA) is 44.0 Å². The maximum atomic E-state index is 11.4. The van der Waals surface area contributed by atoms with E-state index in [1.165, 1.54) is 17.7 Å². The summed E-state index contributed by atoms with van der Waals surface area (Å²) in [6, 6.07) is 1.50. The highest BCUT2D eigenvalue weighted by Gasteiger charge is 2.03. The Hall–Kier alpha value is -0.970. The number of thioether (sulfide) groups is 1. The molecule has 4 nitrogen and oxygen atoms in total. The molecule has 0 aromatic carbocycles. The van der Waals surface area contributed by atoms with Crippen LogP contribution in [0, 0.1) is 0 Å². The Balaban J connectivity index is 3.41. The molecule has 0 saturated heterocycles. The van der Waals surface area contributed by atoms with E-state index in [0.29, 0.717) is 5.75 Å². The summed E-state index contributed by atoms with van der Waals surface area (Å²) in [5.41, 5.74) is 0.254. The largest absolute Gasteiger partial charge is 0.330 e. The first-order valence-electron chi connectivity index (χ1n) is 3.82. The normalized spacial score (nSPS) is 10.4. The second-order valence-corrected chi connectivity index (χ2v) is 3.67. The molecule has 1 aromatic heterocycles. The molecule has 1 aromatic rings. The van der Waals surface area contributed by atoms with Crippen molar-refractivity contribution in [2.45, 2.75) is 5.75 Å². The van der Waals surface area contributed by atoms with E-state index < -0.39 is 0 Å². The van der Waals surface area contributed by atoms with Gasteiger partial charge in [-0.2, -0.15) is 11.8 Å². The lowest BCUT2D eigenvalue weighted by molar-refractivity contribution is 0.665. The summed E-state index contributed by atoms with van der Waals surface area (Å²) in [6.07, 6.45) is 1.93. The third kappa shape index (κ3) is 1.85. The van der Waals surface area contributed by atoms with Crippen LogP contribution in [0.2, 0.25) is 0 Å². The molecule has 0 amide bonds. The molecule has 0 N–H and O–H groups in total. The Morgan fingerprint density at radius 3 is 2.46 bits per heavy atom. The number of rotatable bonds is 2. The number of hydrogen-bond acceptors (Lipinski definition) is 3. The molecular weight excluding hydrogens is 188 g/mol. The average Bonchev–Trinajstić information content (AvgIpc) is 2.11. The average molecular weight is 200 g/mol. The Morgan fingerprint density at radius 2 is 1.92 bits per heavy atom. The summed E-state index contributed by atoms with van der Waals surface area (Å²) in [7, 11) is 3.15. The Morgan fingerprint density at radius 1 is 1.31 bits per heavy atom. The van der Waals surface area contributed by atoms with Gasteiger partial charge in [0.2, 0.25) is 0 Å². The fourth-order valence-corrected chi connectivity index (χ4v) is 1.64. The number of nitrogens with zero attached hydrogens (tertiary/aromatic N) is 2. The monoisotopic (exact) mass is 200 g/mol. The predicted molar refractivity (Wildman–Crippen MR) is 54.1 cm³/mol. The van der Waals surface area contributed by atoms with Crippen LogP contribution in [0.5, 0.6) is 0 Å². The van der Waals surface area contributed by atoms with E-state index >= 15 is 0 Å². The van der Waals surface area contributed by atoms with E-state index in [0.717, 1.165) is 10.3 Å². The van der Waals surface area contributed by atoms with E-state index in [9.17, 15) is 9.59 Å². The van der Waals surface area contributed by atoms with Crippen LogP contribution in [0.3, 0.4) is 0 Å². The van der Waals surface area contributed by atoms with Crippen molar-refractivity contribution in [3.63, 3.8) is 0 Å². The molecule has 0 unspecified atom stereocenters. The summed E-state index contributed by atoms with van der Waals surface area (Å²) in [4.78, 5) is 22.6. The lowest BCUT2D eigenvalue weighted by Gasteiger charge is -2.07. The molecule has 1 rings (SSSR count). The summed E-state index contributed by atoms with van der Waals surface area (Å²) in [6.45, 7) is 0. The van der Waals surface area contributed by atoms with Gasteiger partial charge in [0, 0.05) is 31.6 Å². The fourth-order valence-electron chi connectivity index (χ4n) is 1.06. The molecule has 1 heterocycles. The highest BCUT2D eigenvalue weighted by molar-refractivity contribution is 7.97. The minimum absolute atomic E-state index is 0.243. The molecule has 0 aliphatic carbocycles. The minimum Gasteiger partial charge on any atom is -0.300 e. The van der Waals surface area contributed by atoms with Gasteiger partial charge in [0.1, 0.15) is 0 Å². The molecule has 5 heteroatoms. The molecule has 0 radical (unpaired) electrons. The zero-order valence-corrected chi connectivity index (χ0v) is 8.72. The highest BCUT2D eigenvalue weighted by atomic mass is 32.2. The van der Waals surface area contributed by atoms with Crippen molar-refractivity contribution in [3.05, 3.63) is 32.6 Å². The first kappa shape index (κ1) is 10.1. The van der Waals surface area contributed by atoms with Crippen LogP contribution in [-0.2, 0) is 19.8 Å². The Labute approximate surface area is 80.2 Å². The van der Waals surface area contributed by atoms with Crippen LogP contribution < -0.4 is 11.2 Å². The lowest BCUT2D eigenvalue weighted by Crippen LogP contribution is -2.37. The summed E-state index contributed by atoms with van der Waals surface area (Å²) >= 11 is 1.58. The quantitative estimate of drug-likeness (QED) is 0.672. The van der Waals surface area contributed by atoms with Gasteiger partial charge in [0.05, 0.1) is 0 Å². The van der Waals surface area contributed by atoms with Crippen molar-refractivity contribution in [3.8, 4) is 0 Å². The zero-order chi connectivity index (χ0) is 10.0. The van der Waals surface area contributed by atoms with Crippen LogP contribution in [0.4, 0.5) is 0 Å². The molecule has 0 saturated carbocycles. The smallest absolute Gasteiger partial charge is 0.300 e. The van der Waals surface area contributed by atoms with Crippen molar-refractivity contribution in [2.24, 2.45) is 14.1 Å². The van der Waals surface area contributed by atoms with E-state index in [1.54, 1.807) is 18.8 Å². The van der Waals surface area contributed by atoms with Crippen LogP contribution >= 0.6 is 11.8 Å². The molecule has 0 aliphatic rings. The molecular formula is C8H12N2O2S. The maximum absolute atomic E-state index is 11.4. The third-order valence-corrected chi connectivity index (χ3v) is 2.50. The standard InChI is InChI=1S/C8H12N2O2S/c1-9-6(5-13-3)4-7(11)10(2)8(9)12/h4H,5H2,1-3H3. The van der Waals surface area contributed by atoms with E-state index in [1.807, 2.05) is 6.26 Å². The first-order chi connectivity index (χ1) is 6.07. The van der Waals surface area contributed by atoms with Crippen molar-refractivity contribution < 1.29 is 0 Å². The molecule has 72 valence electrons. The first-order valence-corrected chi connectivity index (χ1v) is 5.22. The van der Waals surface area contributed by atoms with Crippen LogP contribution in [0.15, 0.2) is 15.7 Å². The van der Waals surface area contributed by atoms with Gasteiger partial charge < -0.3 is 0 Å². The minimum atomic E-state index is -0.267. The van der Waals surface area contributed by atoms with E-state index in [-0.39, 0.29) is 11.2 Å². The molecule has 0 bridgehead atoms. The number of hydrogen-bond donors (Lipinski definition) is 0. The second kappa shape index (κ2) is 3.83. The molecule has 0 spiro atoms. The highest BCUT2D eigenvalue weighted by Crippen LogP contribution is 2.03. The maximum Gasteiger partial charge on any atom is 0.330 e. The van der Waals surface area contributed by atoms with E-state index in [4.69, 9.17) is 0 Å². The van der Waals surface area contributed by atoms with Gasteiger partial charge in [-0.15, -0.1) is 0 Å². The molecule has 0 fully saturated rings. The SMILES string of the molecule is CSCc1cc(=O)n(C)c(=O)n1C. The Kier molecular flexibility index (Phi) is 2.98. The van der Waals surface area contributed by atoms with Gasteiger partial charge in [-0.3, -0.25) is 13.9 Å². The van der Waals surface area contributed by atoms with Crippen molar-refractivity contribution >= 4 is 11.8 Å². The fraction of sp³-hybridized carbons (Fsp3) is 0.500. The third-order valence-electron chi connectivity index (χ3n) is 1.92. The number of aromatic nitrogens is 2. The van der Waals surface area contributed by atoms with Gasteiger partial charge in [-0.1, -0.05) is 0 Å². The molecule has 0 aliphatic heterocycles. The predicted octanol–water partition coefficient (Wildman–Crippen LogP) is -0.0530.